The predicted octanol–water partition coefficient (Wildman–Crippen LogP) is 1.56. The van der Waals surface area contributed by atoms with Crippen molar-refractivity contribution in [1.29, 1.82) is 0 Å². The van der Waals surface area contributed by atoms with Crippen LogP contribution in [0.15, 0.2) is 18.7 Å². The summed E-state index contributed by atoms with van der Waals surface area (Å²) in [5.74, 6) is 0. The van der Waals surface area contributed by atoms with Gasteiger partial charge in [-0.3, -0.25) is 0 Å². The van der Waals surface area contributed by atoms with Crippen molar-refractivity contribution < 1.29 is 4.39 Å². The summed E-state index contributed by atoms with van der Waals surface area (Å²) in [6, 6.07) is 0.683. The molecule has 3 rings (SSSR count). The average molecular weight is 207 g/mol. The maximum atomic E-state index is 14.7. The molecule has 2 aliphatic heterocycles. The largest absolute Gasteiger partial charge is 0.311 e. The summed E-state index contributed by atoms with van der Waals surface area (Å²) in [5, 5.41) is 3.43. The van der Waals surface area contributed by atoms with Crippen molar-refractivity contribution in [2.75, 3.05) is 0 Å². The van der Waals surface area contributed by atoms with E-state index in [1.165, 1.54) is 6.33 Å². The second-order valence-electron chi connectivity index (χ2n) is 4.64. The first-order valence-electron chi connectivity index (χ1n) is 5.47. The maximum Gasteiger partial charge on any atom is 0.141 e. The Balaban J connectivity index is 1.91. The molecule has 2 saturated heterocycles. The third-order valence-electron chi connectivity index (χ3n) is 3.55. The van der Waals surface area contributed by atoms with Crippen molar-refractivity contribution in [3.63, 3.8) is 0 Å². The van der Waals surface area contributed by atoms with Crippen molar-refractivity contribution in [3.05, 3.63) is 24.3 Å². The highest BCUT2D eigenvalue weighted by Gasteiger charge is 2.45. The topological polar surface area (TPSA) is 37.8 Å². The van der Waals surface area contributed by atoms with Crippen LogP contribution >= 0.6 is 0 Å². The van der Waals surface area contributed by atoms with Crippen LogP contribution in [0.4, 0.5) is 4.39 Å². The standard InChI is InChI=1S/C11H14FN3/c12-11(8-5-13-7-14-6-8)3-9-1-2-10(4-11)15-9/h5-7,9-10,15H,1-4H2. The molecule has 0 spiro atoms. The summed E-state index contributed by atoms with van der Waals surface area (Å²) in [5.41, 5.74) is -0.568. The Labute approximate surface area is 88.1 Å². The molecular formula is C11H14FN3. The lowest BCUT2D eigenvalue weighted by Gasteiger charge is -2.34. The van der Waals surface area contributed by atoms with E-state index in [1.807, 2.05) is 0 Å². The molecule has 4 heteroatoms. The van der Waals surface area contributed by atoms with Gasteiger partial charge in [-0.15, -0.1) is 0 Å². The molecule has 2 atom stereocenters. The smallest absolute Gasteiger partial charge is 0.141 e. The van der Waals surface area contributed by atoms with Gasteiger partial charge < -0.3 is 5.32 Å². The Morgan fingerprint density at radius 2 is 1.80 bits per heavy atom. The Bertz CT molecular complexity index is 342. The minimum atomic E-state index is -1.21. The molecule has 2 aliphatic rings. The monoisotopic (exact) mass is 207 g/mol. The molecule has 2 bridgehead atoms. The maximum absolute atomic E-state index is 14.7. The number of fused-ring (bicyclic) bond motifs is 2. The molecule has 2 fully saturated rings. The van der Waals surface area contributed by atoms with Crippen molar-refractivity contribution in [1.82, 2.24) is 15.3 Å². The first kappa shape index (κ1) is 9.21. The Hall–Kier alpha value is -1.03. The van der Waals surface area contributed by atoms with E-state index >= 15 is 0 Å². The van der Waals surface area contributed by atoms with E-state index in [0.29, 0.717) is 30.5 Å². The summed E-state index contributed by atoms with van der Waals surface area (Å²) in [7, 11) is 0. The van der Waals surface area contributed by atoms with Gasteiger partial charge in [-0.25, -0.2) is 14.4 Å². The molecule has 1 N–H and O–H groups in total. The third kappa shape index (κ3) is 1.53. The van der Waals surface area contributed by atoms with E-state index in [9.17, 15) is 4.39 Å². The lowest BCUT2D eigenvalue weighted by atomic mass is 9.84. The van der Waals surface area contributed by atoms with E-state index < -0.39 is 5.67 Å². The Kier molecular flexibility index (Phi) is 1.99. The number of nitrogens with zero attached hydrogens (tertiary/aromatic N) is 2. The summed E-state index contributed by atoms with van der Waals surface area (Å²) in [4.78, 5) is 7.81. The van der Waals surface area contributed by atoms with Crippen molar-refractivity contribution in [3.8, 4) is 0 Å². The number of hydrogen-bond donors (Lipinski definition) is 1. The summed E-state index contributed by atoms with van der Waals surface area (Å²) in [6.45, 7) is 0. The third-order valence-corrected chi connectivity index (χ3v) is 3.55. The first-order chi connectivity index (χ1) is 7.26. The number of alkyl halides is 1. The van der Waals surface area contributed by atoms with Crippen molar-refractivity contribution in [2.24, 2.45) is 0 Å². The van der Waals surface area contributed by atoms with Gasteiger partial charge in [0.1, 0.15) is 12.0 Å². The van der Waals surface area contributed by atoms with Crippen LogP contribution in [0.3, 0.4) is 0 Å². The highest BCUT2D eigenvalue weighted by molar-refractivity contribution is 5.18. The van der Waals surface area contributed by atoms with Crippen LogP contribution in [-0.2, 0) is 5.67 Å². The van der Waals surface area contributed by atoms with Gasteiger partial charge in [-0.2, -0.15) is 0 Å². The fourth-order valence-electron chi connectivity index (χ4n) is 2.85. The highest BCUT2D eigenvalue weighted by atomic mass is 19.1. The molecular weight excluding hydrogens is 193 g/mol. The zero-order chi connectivity index (χ0) is 10.3. The van der Waals surface area contributed by atoms with Crippen LogP contribution in [0.2, 0.25) is 0 Å². The quantitative estimate of drug-likeness (QED) is 0.759. The van der Waals surface area contributed by atoms with Crippen LogP contribution in [0.1, 0.15) is 31.2 Å². The van der Waals surface area contributed by atoms with Gasteiger partial charge in [0, 0.05) is 42.9 Å². The molecule has 2 unspecified atom stereocenters. The molecule has 80 valence electrons. The highest BCUT2D eigenvalue weighted by Crippen LogP contribution is 2.43. The molecule has 0 saturated carbocycles. The number of aromatic nitrogens is 2. The zero-order valence-electron chi connectivity index (χ0n) is 8.49. The Morgan fingerprint density at radius 1 is 1.20 bits per heavy atom. The number of rotatable bonds is 1. The van der Waals surface area contributed by atoms with Gasteiger partial charge in [0.05, 0.1) is 0 Å². The van der Waals surface area contributed by atoms with Gasteiger partial charge in [0.15, 0.2) is 0 Å². The summed E-state index contributed by atoms with van der Waals surface area (Å²) in [6.07, 6.45) is 8.00. The van der Waals surface area contributed by atoms with Gasteiger partial charge in [0.2, 0.25) is 0 Å². The molecule has 0 aliphatic carbocycles. The van der Waals surface area contributed by atoms with E-state index in [2.05, 4.69) is 15.3 Å². The zero-order valence-corrected chi connectivity index (χ0v) is 8.49. The number of piperidine rings is 1. The fraction of sp³-hybridized carbons (Fsp3) is 0.636. The van der Waals surface area contributed by atoms with E-state index in [0.717, 1.165) is 12.8 Å². The van der Waals surface area contributed by atoms with Gasteiger partial charge in [-0.05, 0) is 12.8 Å². The molecule has 0 radical (unpaired) electrons. The van der Waals surface area contributed by atoms with Crippen LogP contribution in [0, 0.1) is 0 Å². The molecule has 0 amide bonds. The molecule has 3 nitrogen and oxygen atoms in total. The van der Waals surface area contributed by atoms with Crippen molar-refractivity contribution in [2.45, 2.75) is 43.4 Å². The van der Waals surface area contributed by atoms with Gasteiger partial charge in [0.25, 0.3) is 0 Å². The SMILES string of the molecule is FC1(c2cncnc2)CC2CCC(C1)N2. The average Bonchev–Trinajstić information content (AvgIpc) is 2.60. The van der Waals surface area contributed by atoms with E-state index in [1.54, 1.807) is 12.4 Å². The van der Waals surface area contributed by atoms with Crippen LogP contribution in [0.5, 0.6) is 0 Å². The number of nitrogens with one attached hydrogen (secondary N) is 1. The normalized spacial score (nSPS) is 39.3. The lowest BCUT2D eigenvalue weighted by Crippen LogP contribution is -2.44. The minimum absolute atomic E-state index is 0.342. The van der Waals surface area contributed by atoms with Crippen LogP contribution in [-0.4, -0.2) is 22.1 Å². The van der Waals surface area contributed by atoms with Crippen LogP contribution in [0.25, 0.3) is 0 Å². The molecule has 0 aromatic carbocycles. The minimum Gasteiger partial charge on any atom is -0.311 e. The summed E-state index contributed by atoms with van der Waals surface area (Å²) < 4.78 is 14.7. The fourth-order valence-corrected chi connectivity index (χ4v) is 2.85. The van der Waals surface area contributed by atoms with Crippen LogP contribution < -0.4 is 5.32 Å². The number of halogens is 1. The van der Waals surface area contributed by atoms with Gasteiger partial charge >= 0.3 is 0 Å². The lowest BCUT2D eigenvalue weighted by molar-refractivity contribution is 0.0866. The van der Waals surface area contributed by atoms with E-state index in [4.69, 9.17) is 0 Å². The summed E-state index contributed by atoms with van der Waals surface area (Å²) >= 11 is 0. The molecule has 3 heterocycles. The molecule has 1 aromatic heterocycles. The van der Waals surface area contributed by atoms with Crippen molar-refractivity contribution >= 4 is 0 Å². The number of hydrogen-bond acceptors (Lipinski definition) is 3. The second-order valence-corrected chi connectivity index (χ2v) is 4.64. The first-order valence-corrected chi connectivity index (χ1v) is 5.47. The van der Waals surface area contributed by atoms with E-state index in [-0.39, 0.29) is 0 Å². The second kappa shape index (κ2) is 3.23. The van der Waals surface area contributed by atoms with Gasteiger partial charge in [-0.1, -0.05) is 0 Å². The Morgan fingerprint density at radius 3 is 2.40 bits per heavy atom. The predicted molar refractivity (Wildman–Crippen MR) is 54.0 cm³/mol. The molecule has 1 aromatic rings. The molecule has 15 heavy (non-hydrogen) atoms.